The number of amides is 2. The van der Waals surface area contributed by atoms with Crippen LogP contribution in [0.2, 0.25) is 18.1 Å². The fraction of sp³-hybridized carbons (Fsp3) is 0.567. The number of halogens is 1. The van der Waals surface area contributed by atoms with Crippen molar-refractivity contribution < 1.29 is 14.0 Å². The molecule has 0 aliphatic carbocycles. The molecule has 4 rings (SSSR count). The first-order valence-corrected chi connectivity index (χ1v) is 17.5. The second kappa shape index (κ2) is 11.7. The standard InChI is InChI=1S/C30H44BrN3O3Si/c1-21-9-8-18-33(29(35)32-24-14-16-25(36-5)17-15-24)19-26-28(22-10-12-23(31)13-11-22)27(34(21)26)20-37-38(6,7)30(2,3)4/h10-17,21,26-28H,8-9,18-20H2,1-7H3,(H,32,35)/t21?,26?,27-,28?/m1/s1. The van der Waals surface area contributed by atoms with Crippen molar-refractivity contribution in [2.75, 3.05) is 32.1 Å². The molecule has 2 aromatic rings. The number of hydrogen-bond donors (Lipinski definition) is 1. The molecule has 2 fully saturated rings. The van der Waals surface area contributed by atoms with Gasteiger partial charge in [-0.3, -0.25) is 4.90 Å². The third-order valence-electron chi connectivity index (χ3n) is 8.87. The van der Waals surface area contributed by atoms with E-state index in [1.165, 1.54) is 5.56 Å². The minimum Gasteiger partial charge on any atom is -0.497 e. The molecule has 38 heavy (non-hydrogen) atoms. The van der Waals surface area contributed by atoms with Crippen LogP contribution in [0.5, 0.6) is 5.75 Å². The van der Waals surface area contributed by atoms with Crippen LogP contribution >= 0.6 is 15.9 Å². The molecule has 6 nitrogen and oxygen atoms in total. The van der Waals surface area contributed by atoms with Crippen molar-refractivity contribution in [1.82, 2.24) is 9.80 Å². The van der Waals surface area contributed by atoms with Crippen LogP contribution in [-0.2, 0) is 4.43 Å². The first kappa shape index (κ1) is 29.1. The van der Waals surface area contributed by atoms with Gasteiger partial charge in [-0.05, 0) is 79.9 Å². The van der Waals surface area contributed by atoms with Gasteiger partial charge in [0.2, 0.25) is 0 Å². The molecule has 0 aromatic heterocycles. The molecule has 3 unspecified atom stereocenters. The van der Waals surface area contributed by atoms with Crippen LogP contribution in [-0.4, -0.2) is 69.1 Å². The Labute approximate surface area is 238 Å². The van der Waals surface area contributed by atoms with Gasteiger partial charge < -0.3 is 19.4 Å². The summed E-state index contributed by atoms with van der Waals surface area (Å²) in [5.41, 5.74) is 2.10. The zero-order valence-electron chi connectivity index (χ0n) is 24.0. The summed E-state index contributed by atoms with van der Waals surface area (Å²) in [6, 6.07) is 17.2. The van der Waals surface area contributed by atoms with Gasteiger partial charge in [0.25, 0.3) is 0 Å². The number of fused-ring (bicyclic) bond motifs is 1. The van der Waals surface area contributed by atoms with Crippen molar-refractivity contribution >= 4 is 36.0 Å². The third-order valence-corrected chi connectivity index (χ3v) is 13.9. The summed E-state index contributed by atoms with van der Waals surface area (Å²) in [5.74, 6) is 1.08. The van der Waals surface area contributed by atoms with Crippen molar-refractivity contribution in [3.05, 3.63) is 58.6 Å². The number of carbonyl (C=O) groups excluding carboxylic acids is 1. The molecule has 2 aliphatic heterocycles. The first-order valence-electron chi connectivity index (χ1n) is 13.8. The number of ether oxygens (including phenoxy) is 1. The van der Waals surface area contributed by atoms with Crippen LogP contribution < -0.4 is 10.1 Å². The average Bonchev–Trinajstić information content (AvgIpc) is 2.84. The van der Waals surface area contributed by atoms with Gasteiger partial charge in [-0.2, -0.15) is 0 Å². The van der Waals surface area contributed by atoms with E-state index in [4.69, 9.17) is 9.16 Å². The van der Waals surface area contributed by atoms with Gasteiger partial charge in [0.05, 0.1) is 13.7 Å². The van der Waals surface area contributed by atoms with Crippen LogP contribution in [0, 0.1) is 0 Å². The lowest BCUT2D eigenvalue weighted by Gasteiger charge is -2.60. The second-order valence-electron chi connectivity index (χ2n) is 12.3. The highest BCUT2D eigenvalue weighted by Gasteiger charge is 2.53. The highest BCUT2D eigenvalue weighted by atomic mass is 79.9. The topological polar surface area (TPSA) is 54.0 Å². The van der Waals surface area contributed by atoms with Gasteiger partial charge in [-0.15, -0.1) is 0 Å². The molecule has 208 valence electrons. The molecule has 2 amide bonds. The van der Waals surface area contributed by atoms with Crippen molar-refractivity contribution in [2.24, 2.45) is 0 Å². The average molecular weight is 603 g/mol. The predicted molar refractivity (Wildman–Crippen MR) is 162 cm³/mol. The summed E-state index contributed by atoms with van der Waals surface area (Å²) in [7, 11) is -0.245. The van der Waals surface area contributed by atoms with E-state index in [0.717, 1.165) is 41.9 Å². The fourth-order valence-electron chi connectivity index (χ4n) is 5.57. The number of nitrogens with zero attached hydrogens (tertiary/aromatic N) is 2. The molecule has 1 N–H and O–H groups in total. The lowest BCUT2D eigenvalue weighted by atomic mass is 9.73. The largest absolute Gasteiger partial charge is 0.497 e. The van der Waals surface area contributed by atoms with E-state index in [0.29, 0.717) is 24.5 Å². The highest BCUT2D eigenvalue weighted by Crippen LogP contribution is 2.46. The summed E-state index contributed by atoms with van der Waals surface area (Å²) in [6.45, 7) is 16.1. The second-order valence-corrected chi connectivity index (χ2v) is 18.1. The lowest BCUT2D eigenvalue weighted by molar-refractivity contribution is -0.0832. The summed E-state index contributed by atoms with van der Waals surface area (Å²) in [6.07, 6.45) is 2.05. The molecular weight excluding hydrogens is 558 g/mol. The molecule has 0 saturated carbocycles. The normalized spacial score (nSPS) is 24.6. The Morgan fingerprint density at radius 1 is 1.11 bits per heavy atom. The number of carbonyl (C=O) groups is 1. The molecule has 2 saturated heterocycles. The number of methoxy groups -OCH3 is 1. The summed E-state index contributed by atoms with van der Waals surface area (Å²) in [4.78, 5) is 18.1. The Bertz CT molecular complexity index is 1090. The molecular formula is C30H44BrN3O3Si. The maximum absolute atomic E-state index is 13.4. The quantitative estimate of drug-likeness (QED) is 0.352. The van der Waals surface area contributed by atoms with Crippen LogP contribution in [0.15, 0.2) is 53.0 Å². The molecule has 8 heteroatoms. The number of rotatable bonds is 6. The maximum Gasteiger partial charge on any atom is 0.321 e. The zero-order chi connectivity index (χ0) is 27.7. The molecule has 2 aliphatic rings. The summed E-state index contributed by atoms with van der Waals surface area (Å²) < 4.78 is 13.1. The van der Waals surface area contributed by atoms with Gasteiger partial charge in [-0.1, -0.05) is 48.8 Å². The number of anilines is 1. The van der Waals surface area contributed by atoms with Gasteiger partial charge in [0, 0.05) is 47.3 Å². The van der Waals surface area contributed by atoms with Gasteiger partial charge in [-0.25, -0.2) is 4.79 Å². The van der Waals surface area contributed by atoms with Gasteiger partial charge in [0.1, 0.15) is 5.75 Å². The van der Waals surface area contributed by atoms with E-state index in [1.54, 1.807) is 7.11 Å². The molecule has 2 heterocycles. The van der Waals surface area contributed by atoms with Crippen LogP contribution in [0.1, 0.15) is 52.0 Å². The summed E-state index contributed by atoms with van der Waals surface area (Å²) in [5, 5.41) is 3.27. The maximum atomic E-state index is 13.4. The van der Waals surface area contributed by atoms with Crippen LogP contribution in [0.3, 0.4) is 0 Å². The Morgan fingerprint density at radius 3 is 2.37 bits per heavy atom. The van der Waals surface area contributed by atoms with Crippen molar-refractivity contribution in [3.63, 3.8) is 0 Å². The Morgan fingerprint density at radius 2 is 1.76 bits per heavy atom. The Kier molecular flexibility index (Phi) is 8.97. The molecule has 4 atom stereocenters. The number of hydrogen-bond acceptors (Lipinski definition) is 4. The number of nitrogens with one attached hydrogen (secondary N) is 1. The van der Waals surface area contributed by atoms with E-state index in [2.05, 4.69) is 91.2 Å². The molecule has 0 bridgehead atoms. The van der Waals surface area contributed by atoms with E-state index in [9.17, 15) is 4.79 Å². The van der Waals surface area contributed by atoms with E-state index < -0.39 is 8.32 Å². The minimum atomic E-state index is -1.89. The van der Waals surface area contributed by atoms with Crippen LogP contribution in [0.4, 0.5) is 10.5 Å². The number of urea groups is 1. The SMILES string of the molecule is COc1ccc(NC(=O)N2CCCC(C)N3C(C2)C(c2ccc(Br)cc2)[C@H]3CO[Si](C)(C)C(C)(C)C)cc1. The first-order chi connectivity index (χ1) is 17.9. The zero-order valence-corrected chi connectivity index (χ0v) is 26.5. The van der Waals surface area contributed by atoms with E-state index >= 15 is 0 Å². The third kappa shape index (κ3) is 6.30. The molecule has 0 spiro atoms. The highest BCUT2D eigenvalue weighted by molar-refractivity contribution is 9.10. The van der Waals surface area contributed by atoms with E-state index in [1.807, 2.05) is 29.2 Å². The molecule has 2 aromatic carbocycles. The fourth-order valence-corrected chi connectivity index (χ4v) is 6.85. The van der Waals surface area contributed by atoms with Crippen molar-refractivity contribution in [2.45, 2.75) is 82.7 Å². The van der Waals surface area contributed by atoms with E-state index in [-0.39, 0.29) is 17.1 Å². The smallest absolute Gasteiger partial charge is 0.321 e. The van der Waals surface area contributed by atoms with Crippen LogP contribution in [0.25, 0.3) is 0 Å². The predicted octanol–water partition coefficient (Wildman–Crippen LogP) is 7.33. The number of benzene rings is 2. The lowest BCUT2D eigenvalue weighted by Crippen LogP contribution is -2.71. The Hall–Kier alpha value is -1.87. The van der Waals surface area contributed by atoms with Crippen molar-refractivity contribution in [1.29, 1.82) is 0 Å². The minimum absolute atomic E-state index is 0.0415. The monoisotopic (exact) mass is 601 g/mol. The molecule has 0 radical (unpaired) electrons. The van der Waals surface area contributed by atoms with Crippen molar-refractivity contribution in [3.8, 4) is 5.75 Å². The Balaban J connectivity index is 1.56. The van der Waals surface area contributed by atoms with Gasteiger partial charge in [0.15, 0.2) is 8.32 Å². The van der Waals surface area contributed by atoms with Gasteiger partial charge >= 0.3 is 6.03 Å². The summed E-state index contributed by atoms with van der Waals surface area (Å²) >= 11 is 3.60.